The van der Waals surface area contributed by atoms with Crippen molar-refractivity contribution in [1.82, 2.24) is 25.5 Å². The standard InChI is InChI=1S/C22H22ClF3N6O/c23-19-11-8-15(22(24,25)26)12-18(19)20(33)28-16-9-6-14(7-10-16)13-27-21-29-30-31-32(21)17-4-2-1-3-5-17/h1-5,8,11-12,14,16H,6-7,9-10,13H2,(H,28,33)(H,27,29,31)/t14-,16-. The number of carbonyl (C=O) groups excluding carboxylic acids is 1. The minimum Gasteiger partial charge on any atom is -0.352 e. The van der Waals surface area contributed by atoms with Gasteiger partial charge in [0.25, 0.3) is 5.91 Å². The molecular weight excluding hydrogens is 457 g/mol. The third-order valence-electron chi connectivity index (χ3n) is 5.74. The summed E-state index contributed by atoms with van der Waals surface area (Å²) < 4.78 is 40.5. The van der Waals surface area contributed by atoms with E-state index in [9.17, 15) is 18.0 Å². The Hall–Kier alpha value is -3.14. The minimum absolute atomic E-state index is 0.00507. The van der Waals surface area contributed by atoms with E-state index in [1.165, 1.54) is 0 Å². The van der Waals surface area contributed by atoms with Gasteiger partial charge in [-0.25, -0.2) is 0 Å². The number of halogens is 4. The fourth-order valence-electron chi connectivity index (χ4n) is 3.93. The minimum atomic E-state index is -4.54. The molecule has 2 N–H and O–H groups in total. The Kier molecular flexibility index (Phi) is 6.83. The second-order valence-corrected chi connectivity index (χ2v) is 8.42. The van der Waals surface area contributed by atoms with Crippen LogP contribution in [0.15, 0.2) is 48.5 Å². The summed E-state index contributed by atoms with van der Waals surface area (Å²) in [7, 11) is 0. The topological polar surface area (TPSA) is 84.7 Å². The van der Waals surface area contributed by atoms with Crippen molar-refractivity contribution in [2.45, 2.75) is 37.9 Å². The number of alkyl halides is 3. The van der Waals surface area contributed by atoms with E-state index in [1.807, 2.05) is 30.3 Å². The number of nitrogens with zero attached hydrogens (tertiary/aromatic N) is 4. The van der Waals surface area contributed by atoms with E-state index in [0.29, 0.717) is 18.4 Å². The number of tetrazole rings is 1. The van der Waals surface area contributed by atoms with Gasteiger partial charge in [0.05, 0.1) is 21.8 Å². The highest BCUT2D eigenvalue weighted by atomic mass is 35.5. The van der Waals surface area contributed by atoms with Crippen molar-refractivity contribution in [1.29, 1.82) is 0 Å². The number of rotatable bonds is 6. The molecule has 7 nitrogen and oxygen atoms in total. The highest BCUT2D eigenvalue weighted by Gasteiger charge is 2.32. The third-order valence-corrected chi connectivity index (χ3v) is 6.07. The van der Waals surface area contributed by atoms with Crippen LogP contribution in [0.2, 0.25) is 5.02 Å². The molecule has 0 bridgehead atoms. The van der Waals surface area contributed by atoms with Crippen molar-refractivity contribution in [3.8, 4) is 5.69 Å². The van der Waals surface area contributed by atoms with Crippen LogP contribution in [0.5, 0.6) is 0 Å². The summed E-state index contributed by atoms with van der Waals surface area (Å²) in [6, 6.07) is 12.2. The molecule has 1 aliphatic carbocycles. The summed E-state index contributed by atoms with van der Waals surface area (Å²) in [5.41, 5.74) is -0.211. The van der Waals surface area contributed by atoms with E-state index in [1.54, 1.807) is 4.68 Å². The summed E-state index contributed by atoms with van der Waals surface area (Å²) in [6.45, 7) is 0.674. The molecule has 11 heteroatoms. The summed E-state index contributed by atoms with van der Waals surface area (Å²) in [5.74, 6) is 0.321. The van der Waals surface area contributed by atoms with E-state index in [2.05, 4.69) is 26.2 Å². The molecular formula is C22H22ClF3N6O. The van der Waals surface area contributed by atoms with Crippen molar-refractivity contribution in [3.05, 3.63) is 64.7 Å². The van der Waals surface area contributed by atoms with Gasteiger partial charge in [0.1, 0.15) is 0 Å². The Bertz CT molecular complexity index is 1100. The van der Waals surface area contributed by atoms with Crippen LogP contribution in [0.3, 0.4) is 0 Å². The van der Waals surface area contributed by atoms with Crippen molar-refractivity contribution >= 4 is 23.5 Å². The van der Waals surface area contributed by atoms with Gasteiger partial charge in [-0.2, -0.15) is 17.9 Å². The molecule has 33 heavy (non-hydrogen) atoms. The van der Waals surface area contributed by atoms with Crippen LogP contribution in [0.25, 0.3) is 5.69 Å². The molecule has 0 atom stereocenters. The highest BCUT2D eigenvalue weighted by Crippen LogP contribution is 2.32. The molecule has 1 amide bonds. The van der Waals surface area contributed by atoms with Gasteiger partial charge >= 0.3 is 6.18 Å². The molecule has 0 spiro atoms. The van der Waals surface area contributed by atoms with Crippen LogP contribution in [0.1, 0.15) is 41.6 Å². The van der Waals surface area contributed by atoms with Crippen molar-refractivity contribution in [3.63, 3.8) is 0 Å². The first-order chi connectivity index (χ1) is 15.8. The number of nitrogens with one attached hydrogen (secondary N) is 2. The van der Waals surface area contributed by atoms with E-state index in [-0.39, 0.29) is 16.6 Å². The van der Waals surface area contributed by atoms with Gasteiger partial charge in [-0.3, -0.25) is 4.79 Å². The predicted molar refractivity (Wildman–Crippen MR) is 117 cm³/mol. The number of aromatic nitrogens is 4. The maximum atomic E-state index is 13.0. The highest BCUT2D eigenvalue weighted by molar-refractivity contribution is 6.33. The molecule has 174 valence electrons. The number of carbonyl (C=O) groups is 1. The van der Waals surface area contributed by atoms with Crippen LogP contribution in [0.4, 0.5) is 19.1 Å². The van der Waals surface area contributed by atoms with Gasteiger partial charge in [0, 0.05) is 12.6 Å². The second kappa shape index (κ2) is 9.78. The van der Waals surface area contributed by atoms with Gasteiger partial charge in [-0.05, 0) is 72.4 Å². The summed E-state index contributed by atoms with van der Waals surface area (Å²) >= 11 is 5.97. The Labute approximate surface area is 193 Å². The van der Waals surface area contributed by atoms with E-state index < -0.39 is 17.6 Å². The number of hydrogen-bond acceptors (Lipinski definition) is 5. The van der Waals surface area contributed by atoms with Crippen molar-refractivity contribution in [2.75, 3.05) is 11.9 Å². The first-order valence-corrected chi connectivity index (χ1v) is 10.9. The number of amides is 1. The number of para-hydroxylation sites is 1. The number of benzene rings is 2. The fraction of sp³-hybridized carbons (Fsp3) is 0.364. The normalized spacial score (nSPS) is 18.7. The Balaban J connectivity index is 1.29. The maximum absolute atomic E-state index is 13.0. The zero-order valence-electron chi connectivity index (χ0n) is 17.5. The Morgan fingerprint density at radius 3 is 2.52 bits per heavy atom. The Morgan fingerprint density at radius 2 is 1.82 bits per heavy atom. The summed E-state index contributed by atoms with van der Waals surface area (Å²) in [6.07, 6.45) is -1.40. The molecule has 4 rings (SSSR count). The van der Waals surface area contributed by atoms with Gasteiger partial charge in [0.15, 0.2) is 0 Å². The molecule has 0 saturated heterocycles. The SMILES string of the molecule is O=C(N[C@H]1CC[C@H](CNc2nnnn2-c2ccccc2)CC1)c1cc(C(F)(F)F)ccc1Cl. The lowest BCUT2D eigenvalue weighted by atomic mass is 9.86. The van der Waals surface area contributed by atoms with Gasteiger partial charge in [-0.1, -0.05) is 34.9 Å². The van der Waals surface area contributed by atoms with E-state index in [4.69, 9.17) is 11.6 Å². The largest absolute Gasteiger partial charge is 0.416 e. The van der Waals surface area contributed by atoms with Crippen LogP contribution < -0.4 is 10.6 Å². The summed E-state index contributed by atoms with van der Waals surface area (Å²) in [4.78, 5) is 12.5. The molecule has 1 aliphatic rings. The molecule has 1 heterocycles. The van der Waals surface area contributed by atoms with Gasteiger partial charge < -0.3 is 10.6 Å². The maximum Gasteiger partial charge on any atom is 0.416 e. The average Bonchev–Trinajstić information content (AvgIpc) is 3.27. The smallest absolute Gasteiger partial charge is 0.352 e. The molecule has 0 aliphatic heterocycles. The van der Waals surface area contributed by atoms with E-state index >= 15 is 0 Å². The van der Waals surface area contributed by atoms with Gasteiger partial charge in [0.2, 0.25) is 5.95 Å². The average molecular weight is 479 g/mol. The second-order valence-electron chi connectivity index (χ2n) is 8.01. The van der Waals surface area contributed by atoms with Crippen LogP contribution in [-0.4, -0.2) is 38.7 Å². The predicted octanol–water partition coefficient (Wildman–Crippen LogP) is 4.74. The van der Waals surface area contributed by atoms with Crippen molar-refractivity contribution < 1.29 is 18.0 Å². The lowest BCUT2D eigenvalue weighted by Gasteiger charge is -2.29. The molecule has 0 unspecified atom stereocenters. The molecule has 1 saturated carbocycles. The molecule has 0 radical (unpaired) electrons. The Morgan fingerprint density at radius 1 is 1.09 bits per heavy atom. The molecule has 1 fully saturated rings. The summed E-state index contributed by atoms with van der Waals surface area (Å²) in [5, 5.41) is 17.9. The lowest BCUT2D eigenvalue weighted by Crippen LogP contribution is -2.38. The third kappa shape index (κ3) is 5.62. The van der Waals surface area contributed by atoms with Crippen LogP contribution in [0, 0.1) is 5.92 Å². The zero-order valence-corrected chi connectivity index (χ0v) is 18.3. The first-order valence-electron chi connectivity index (χ1n) is 10.6. The van der Waals surface area contributed by atoms with Gasteiger partial charge in [-0.15, -0.1) is 0 Å². The van der Waals surface area contributed by atoms with Crippen LogP contribution in [-0.2, 0) is 6.18 Å². The molecule has 3 aromatic rings. The number of anilines is 1. The fourth-order valence-corrected chi connectivity index (χ4v) is 4.13. The number of hydrogen-bond donors (Lipinski definition) is 2. The van der Waals surface area contributed by atoms with Crippen LogP contribution >= 0.6 is 11.6 Å². The quantitative estimate of drug-likeness (QED) is 0.535. The monoisotopic (exact) mass is 478 g/mol. The zero-order chi connectivity index (χ0) is 23.4. The molecule has 2 aromatic carbocycles. The molecule has 1 aromatic heterocycles. The van der Waals surface area contributed by atoms with Crippen molar-refractivity contribution in [2.24, 2.45) is 5.92 Å². The first kappa shape index (κ1) is 23.0. The lowest BCUT2D eigenvalue weighted by molar-refractivity contribution is -0.137. The van der Waals surface area contributed by atoms with E-state index in [0.717, 1.165) is 49.6 Å².